The van der Waals surface area contributed by atoms with Crippen LogP contribution in [0.15, 0.2) is 60.7 Å². The number of ketones is 1. The van der Waals surface area contributed by atoms with Gasteiger partial charge in [0.1, 0.15) is 17.3 Å². The Balaban J connectivity index is 1.82. The quantitative estimate of drug-likeness (QED) is 0.358. The van der Waals surface area contributed by atoms with Crippen LogP contribution < -0.4 is 18.9 Å². The monoisotopic (exact) mass is 447 g/mol. The molecule has 0 radical (unpaired) electrons. The maximum absolute atomic E-state index is 13.5. The number of hydrogen-bond donors (Lipinski definition) is 0. The summed E-state index contributed by atoms with van der Waals surface area (Å²) in [5, 5.41) is 0.780. The van der Waals surface area contributed by atoms with Gasteiger partial charge in [-0.3, -0.25) is 4.79 Å². The van der Waals surface area contributed by atoms with Gasteiger partial charge in [-0.2, -0.15) is 0 Å². The van der Waals surface area contributed by atoms with Crippen molar-refractivity contribution < 1.29 is 28.1 Å². The van der Waals surface area contributed by atoms with Crippen molar-refractivity contribution in [2.75, 3.05) is 28.4 Å². The first-order valence-corrected chi connectivity index (χ1v) is 10.1. The van der Waals surface area contributed by atoms with Crippen LogP contribution in [0.5, 0.6) is 23.0 Å². The molecule has 3 aromatic carbocycles. The standard InChI is InChI=1S/C26H22FNO5/c1-30-21-12-11-19-18(24(21)15-5-7-17(27)8-6-15)9-10-20(28-19)25(29)16-13-22(31-2)26(33-4)23(14-16)32-3/h5-14H,1-4H3. The summed E-state index contributed by atoms with van der Waals surface area (Å²) in [6, 6.07) is 16.4. The van der Waals surface area contributed by atoms with E-state index >= 15 is 0 Å². The largest absolute Gasteiger partial charge is 0.496 e. The van der Waals surface area contributed by atoms with Gasteiger partial charge < -0.3 is 18.9 Å². The smallest absolute Gasteiger partial charge is 0.211 e. The third-order valence-electron chi connectivity index (χ3n) is 5.35. The molecule has 0 spiro atoms. The molecule has 33 heavy (non-hydrogen) atoms. The van der Waals surface area contributed by atoms with Gasteiger partial charge in [-0.25, -0.2) is 9.37 Å². The summed E-state index contributed by atoms with van der Waals surface area (Å²) in [5.41, 5.74) is 2.77. The summed E-state index contributed by atoms with van der Waals surface area (Å²) < 4.78 is 35.0. The van der Waals surface area contributed by atoms with Crippen LogP contribution in [0.2, 0.25) is 0 Å². The van der Waals surface area contributed by atoms with E-state index in [4.69, 9.17) is 18.9 Å². The third kappa shape index (κ3) is 4.05. The number of methoxy groups -OCH3 is 4. The van der Waals surface area contributed by atoms with Crippen LogP contribution in [0.1, 0.15) is 16.1 Å². The minimum atomic E-state index is -0.325. The molecule has 4 aromatic rings. The molecule has 0 amide bonds. The number of pyridine rings is 1. The molecule has 0 atom stereocenters. The molecule has 0 aliphatic carbocycles. The van der Waals surface area contributed by atoms with E-state index in [1.807, 2.05) is 6.07 Å². The highest BCUT2D eigenvalue weighted by atomic mass is 19.1. The van der Waals surface area contributed by atoms with Gasteiger partial charge in [0.2, 0.25) is 11.5 Å². The topological polar surface area (TPSA) is 66.9 Å². The molecule has 6 nitrogen and oxygen atoms in total. The minimum Gasteiger partial charge on any atom is -0.496 e. The lowest BCUT2D eigenvalue weighted by Crippen LogP contribution is -2.06. The Morgan fingerprint density at radius 1 is 0.758 bits per heavy atom. The summed E-state index contributed by atoms with van der Waals surface area (Å²) in [5.74, 6) is 1.16. The van der Waals surface area contributed by atoms with Crippen LogP contribution in [0, 0.1) is 5.82 Å². The Bertz CT molecular complexity index is 1310. The second-order valence-corrected chi connectivity index (χ2v) is 7.16. The molecule has 168 valence electrons. The fourth-order valence-corrected chi connectivity index (χ4v) is 3.75. The molecule has 0 saturated heterocycles. The van der Waals surface area contributed by atoms with Gasteiger partial charge in [-0.1, -0.05) is 12.1 Å². The summed E-state index contributed by atoms with van der Waals surface area (Å²) in [4.78, 5) is 17.9. The highest BCUT2D eigenvalue weighted by Gasteiger charge is 2.20. The van der Waals surface area contributed by atoms with Crippen molar-refractivity contribution in [3.8, 4) is 34.1 Å². The highest BCUT2D eigenvalue weighted by Crippen LogP contribution is 2.39. The zero-order valence-corrected chi connectivity index (χ0v) is 18.6. The molecule has 0 aliphatic heterocycles. The highest BCUT2D eigenvalue weighted by molar-refractivity contribution is 6.10. The van der Waals surface area contributed by atoms with Gasteiger partial charge in [0.25, 0.3) is 0 Å². The lowest BCUT2D eigenvalue weighted by Gasteiger charge is -2.14. The summed E-state index contributed by atoms with van der Waals surface area (Å²) in [7, 11) is 6.05. The first-order valence-electron chi connectivity index (χ1n) is 10.1. The number of aromatic nitrogens is 1. The Morgan fingerprint density at radius 3 is 1.97 bits per heavy atom. The van der Waals surface area contributed by atoms with Crippen LogP contribution in [-0.4, -0.2) is 39.2 Å². The maximum Gasteiger partial charge on any atom is 0.211 e. The number of benzene rings is 3. The molecule has 0 fully saturated rings. The first-order chi connectivity index (χ1) is 16.0. The molecule has 1 heterocycles. The maximum atomic E-state index is 13.5. The number of ether oxygens (including phenoxy) is 4. The molecule has 0 N–H and O–H groups in total. The van der Waals surface area contributed by atoms with E-state index in [0.717, 1.165) is 16.5 Å². The summed E-state index contributed by atoms with van der Waals surface area (Å²) >= 11 is 0. The average molecular weight is 447 g/mol. The molecule has 0 unspecified atom stereocenters. The molecule has 0 saturated carbocycles. The number of nitrogens with zero attached hydrogens (tertiary/aromatic N) is 1. The number of halogens is 1. The van der Waals surface area contributed by atoms with Crippen molar-refractivity contribution >= 4 is 16.7 Å². The van der Waals surface area contributed by atoms with Crippen molar-refractivity contribution in [1.82, 2.24) is 4.98 Å². The predicted molar refractivity (Wildman–Crippen MR) is 123 cm³/mol. The van der Waals surface area contributed by atoms with E-state index < -0.39 is 0 Å². The molecule has 0 bridgehead atoms. The van der Waals surface area contributed by atoms with Crippen molar-refractivity contribution in [3.05, 3.63) is 77.7 Å². The normalized spacial score (nSPS) is 10.7. The fourth-order valence-electron chi connectivity index (χ4n) is 3.75. The van der Waals surface area contributed by atoms with Gasteiger partial charge in [0.05, 0.1) is 34.0 Å². The Hall–Kier alpha value is -4.13. The van der Waals surface area contributed by atoms with Crippen LogP contribution in [0.3, 0.4) is 0 Å². The van der Waals surface area contributed by atoms with Gasteiger partial charge in [-0.05, 0) is 54.1 Å². The summed E-state index contributed by atoms with van der Waals surface area (Å²) in [6.07, 6.45) is 0. The van der Waals surface area contributed by atoms with E-state index in [2.05, 4.69) is 4.98 Å². The number of carbonyl (C=O) groups is 1. The fraction of sp³-hybridized carbons (Fsp3) is 0.154. The van der Waals surface area contributed by atoms with E-state index in [9.17, 15) is 9.18 Å². The number of hydrogen-bond acceptors (Lipinski definition) is 6. The van der Waals surface area contributed by atoms with E-state index in [0.29, 0.717) is 34.1 Å². The Labute approximate surface area is 190 Å². The van der Waals surface area contributed by atoms with Crippen molar-refractivity contribution in [1.29, 1.82) is 0 Å². The number of fused-ring (bicyclic) bond motifs is 1. The van der Waals surface area contributed by atoms with Crippen molar-refractivity contribution in [2.24, 2.45) is 0 Å². The molecule has 4 rings (SSSR count). The van der Waals surface area contributed by atoms with Gasteiger partial charge in [0, 0.05) is 16.5 Å². The number of rotatable bonds is 7. The van der Waals surface area contributed by atoms with Crippen molar-refractivity contribution in [3.63, 3.8) is 0 Å². The predicted octanol–water partition coefficient (Wildman–Crippen LogP) is 5.31. The van der Waals surface area contributed by atoms with Gasteiger partial charge >= 0.3 is 0 Å². The van der Waals surface area contributed by atoms with Crippen LogP contribution >= 0.6 is 0 Å². The SMILES string of the molecule is COc1cc(C(=O)c2ccc3c(-c4ccc(F)cc4)c(OC)ccc3n2)cc(OC)c1OC. The van der Waals surface area contributed by atoms with Crippen LogP contribution in [-0.2, 0) is 0 Å². The van der Waals surface area contributed by atoms with E-state index in [1.54, 1.807) is 49.6 Å². The molecular weight excluding hydrogens is 425 g/mol. The van der Waals surface area contributed by atoms with E-state index in [1.165, 1.54) is 33.5 Å². The van der Waals surface area contributed by atoms with Crippen LogP contribution in [0.4, 0.5) is 4.39 Å². The molecular formula is C26H22FNO5. The number of carbonyl (C=O) groups excluding carboxylic acids is 1. The van der Waals surface area contributed by atoms with Crippen LogP contribution in [0.25, 0.3) is 22.0 Å². The van der Waals surface area contributed by atoms with Gasteiger partial charge in [-0.15, -0.1) is 0 Å². The van der Waals surface area contributed by atoms with E-state index in [-0.39, 0.29) is 17.3 Å². The lowest BCUT2D eigenvalue weighted by molar-refractivity contribution is 0.103. The lowest BCUT2D eigenvalue weighted by atomic mass is 9.98. The first kappa shape index (κ1) is 22.1. The summed E-state index contributed by atoms with van der Waals surface area (Å²) in [6.45, 7) is 0. The van der Waals surface area contributed by atoms with Gasteiger partial charge in [0.15, 0.2) is 11.5 Å². The Morgan fingerprint density at radius 2 is 1.39 bits per heavy atom. The molecule has 1 aromatic heterocycles. The zero-order valence-electron chi connectivity index (χ0n) is 18.6. The zero-order chi connectivity index (χ0) is 23.5. The van der Waals surface area contributed by atoms with Crippen molar-refractivity contribution in [2.45, 2.75) is 0 Å². The average Bonchev–Trinajstić information content (AvgIpc) is 2.86. The second kappa shape index (κ2) is 9.16. The molecule has 7 heteroatoms. The second-order valence-electron chi connectivity index (χ2n) is 7.16. The minimum absolute atomic E-state index is 0.256. The third-order valence-corrected chi connectivity index (χ3v) is 5.35. The molecule has 0 aliphatic rings. The Kier molecular flexibility index (Phi) is 6.13.